The highest BCUT2D eigenvalue weighted by atomic mass is 31.2. The zero-order valence-electron chi connectivity index (χ0n) is 5.86. The van der Waals surface area contributed by atoms with Crippen LogP contribution in [0.25, 0.3) is 0 Å². The molecule has 60 valence electrons. The van der Waals surface area contributed by atoms with Crippen molar-refractivity contribution in [2.45, 2.75) is 13.0 Å². The molecule has 4 nitrogen and oxygen atoms in total. The van der Waals surface area contributed by atoms with E-state index >= 15 is 0 Å². The van der Waals surface area contributed by atoms with Crippen LogP contribution >= 0.6 is 7.60 Å². The Kier molecular flexibility index (Phi) is 2.15. The summed E-state index contributed by atoms with van der Waals surface area (Å²) >= 11 is 0. The molecule has 0 spiro atoms. The third-order valence-electron chi connectivity index (χ3n) is 1.72. The van der Waals surface area contributed by atoms with Gasteiger partial charge in [0.25, 0.3) is 0 Å². The van der Waals surface area contributed by atoms with E-state index in [0.717, 1.165) is 0 Å². The van der Waals surface area contributed by atoms with Gasteiger partial charge < -0.3 is 15.2 Å². The molecule has 0 saturated carbocycles. The summed E-state index contributed by atoms with van der Waals surface area (Å²) in [5.74, 6) is 0.0876. The Morgan fingerprint density at radius 2 is 2.40 bits per heavy atom. The fraction of sp³-hybridized carbons (Fsp3) is 1.00. The van der Waals surface area contributed by atoms with E-state index in [4.69, 9.17) is 10.6 Å². The predicted octanol–water partition coefficient (Wildman–Crippen LogP) is 0.165. The third-order valence-corrected chi connectivity index (χ3v) is 3.31. The van der Waals surface area contributed by atoms with Gasteiger partial charge in [-0.25, -0.2) is 0 Å². The van der Waals surface area contributed by atoms with E-state index in [1.807, 2.05) is 6.92 Å². The maximum Gasteiger partial charge on any atom is 0.328 e. The number of hydrogen-bond donors (Lipinski definition) is 2. The van der Waals surface area contributed by atoms with Crippen molar-refractivity contribution >= 4 is 7.60 Å². The van der Waals surface area contributed by atoms with Crippen molar-refractivity contribution in [1.29, 1.82) is 0 Å². The van der Waals surface area contributed by atoms with E-state index in [9.17, 15) is 4.57 Å². The summed E-state index contributed by atoms with van der Waals surface area (Å²) in [4.78, 5) is 8.94. The van der Waals surface area contributed by atoms with Crippen molar-refractivity contribution in [2.24, 2.45) is 11.7 Å². The molecule has 5 heteroatoms. The van der Waals surface area contributed by atoms with E-state index < -0.39 is 7.60 Å². The van der Waals surface area contributed by atoms with Gasteiger partial charge in [0.15, 0.2) is 0 Å². The summed E-state index contributed by atoms with van der Waals surface area (Å²) in [6, 6.07) is -0.0887. The highest BCUT2D eigenvalue weighted by molar-refractivity contribution is 7.52. The second-order valence-electron chi connectivity index (χ2n) is 2.76. The molecule has 1 aliphatic heterocycles. The average molecular weight is 165 g/mol. The average Bonchev–Trinajstić information content (AvgIpc) is 1.79. The summed E-state index contributed by atoms with van der Waals surface area (Å²) in [6.07, 6.45) is 0.189. The van der Waals surface area contributed by atoms with Gasteiger partial charge in [0, 0.05) is 6.04 Å². The second kappa shape index (κ2) is 2.62. The minimum atomic E-state index is -3.26. The first-order valence-electron chi connectivity index (χ1n) is 3.23. The first kappa shape index (κ1) is 8.21. The molecule has 1 fully saturated rings. The van der Waals surface area contributed by atoms with E-state index in [2.05, 4.69) is 4.52 Å². The van der Waals surface area contributed by atoms with Crippen molar-refractivity contribution in [3.05, 3.63) is 0 Å². The molecule has 0 bridgehead atoms. The van der Waals surface area contributed by atoms with Crippen LogP contribution in [0.3, 0.4) is 0 Å². The van der Waals surface area contributed by atoms with Gasteiger partial charge in [-0.2, -0.15) is 0 Å². The molecular weight excluding hydrogens is 153 g/mol. The Bertz CT molecular complexity index is 172. The van der Waals surface area contributed by atoms with Gasteiger partial charge in [-0.15, -0.1) is 0 Å². The molecule has 0 aromatic carbocycles. The van der Waals surface area contributed by atoms with E-state index in [1.54, 1.807) is 0 Å². The van der Waals surface area contributed by atoms with Crippen LogP contribution in [0.5, 0.6) is 0 Å². The van der Waals surface area contributed by atoms with Crippen molar-refractivity contribution in [3.8, 4) is 0 Å². The van der Waals surface area contributed by atoms with E-state index in [0.29, 0.717) is 0 Å². The number of hydrogen-bond acceptors (Lipinski definition) is 3. The molecule has 0 radical (unpaired) electrons. The summed E-state index contributed by atoms with van der Waals surface area (Å²) in [5, 5.41) is 0. The molecule has 3 N–H and O–H groups in total. The van der Waals surface area contributed by atoms with Gasteiger partial charge in [0.05, 0.1) is 12.8 Å². The standard InChI is InChI=1S/C5H12NO3P/c1-4-3-10(7,8)9-2-5(4)6/h4-5H,2-3,6H2,1H3,(H,7,8)/t4-,5+/m1/s1. The quantitative estimate of drug-likeness (QED) is 0.501. The lowest BCUT2D eigenvalue weighted by atomic mass is 10.1. The lowest BCUT2D eigenvalue weighted by molar-refractivity contribution is 0.192. The van der Waals surface area contributed by atoms with Crippen LogP contribution < -0.4 is 5.73 Å². The first-order valence-corrected chi connectivity index (χ1v) is 4.99. The van der Waals surface area contributed by atoms with Crippen LogP contribution in [0.15, 0.2) is 0 Å². The van der Waals surface area contributed by atoms with Gasteiger partial charge in [-0.05, 0) is 5.92 Å². The summed E-state index contributed by atoms with van der Waals surface area (Å²) in [6.45, 7) is 2.06. The van der Waals surface area contributed by atoms with Gasteiger partial charge in [-0.1, -0.05) is 6.92 Å². The van der Waals surface area contributed by atoms with Gasteiger partial charge in [0.1, 0.15) is 0 Å². The first-order chi connectivity index (χ1) is 4.51. The number of rotatable bonds is 0. The van der Waals surface area contributed by atoms with Gasteiger partial charge in [-0.3, -0.25) is 4.57 Å². The molecule has 1 heterocycles. The summed E-state index contributed by atoms with van der Waals surface area (Å²) < 4.78 is 15.5. The molecule has 10 heavy (non-hydrogen) atoms. The molecular formula is C5H12NO3P. The van der Waals surface area contributed by atoms with Crippen molar-refractivity contribution in [2.75, 3.05) is 12.8 Å². The van der Waals surface area contributed by atoms with Crippen molar-refractivity contribution in [1.82, 2.24) is 0 Å². The zero-order chi connectivity index (χ0) is 7.78. The fourth-order valence-corrected chi connectivity index (χ4v) is 2.43. The lowest BCUT2D eigenvalue weighted by Gasteiger charge is -2.28. The van der Waals surface area contributed by atoms with Crippen LogP contribution in [0, 0.1) is 5.92 Å². The highest BCUT2D eigenvalue weighted by Crippen LogP contribution is 2.47. The second-order valence-corrected chi connectivity index (χ2v) is 4.66. The molecule has 1 rings (SSSR count). The Morgan fingerprint density at radius 3 is 2.80 bits per heavy atom. The minimum Gasteiger partial charge on any atom is -0.325 e. The summed E-state index contributed by atoms with van der Waals surface area (Å²) in [5.41, 5.74) is 5.54. The normalized spacial score (nSPS) is 49.1. The Morgan fingerprint density at radius 1 is 1.80 bits per heavy atom. The van der Waals surface area contributed by atoms with E-state index in [1.165, 1.54) is 0 Å². The van der Waals surface area contributed by atoms with Crippen LogP contribution in [-0.4, -0.2) is 23.7 Å². The lowest BCUT2D eigenvalue weighted by Crippen LogP contribution is -2.38. The molecule has 3 atom stereocenters. The highest BCUT2D eigenvalue weighted by Gasteiger charge is 2.32. The Labute approximate surface area is 59.9 Å². The van der Waals surface area contributed by atoms with Crippen LogP contribution in [0.1, 0.15) is 6.92 Å². The van der Waals surface area contributed by atoms with E-state index in [-0.39, 0.29) is 24.7 Å². The smallest absolute Gasteiger partial charge is 0.325 e. The maximum atomic E-state index is 10.9. The predicted molar refractivity (Wildman–Crippen MR) is 37.8 cm³/mol. The summed E-state index contributed by atoms with van der Waals surface area (Å²) in [7, 11) is -3.26. The number of nitrogens with two attached hydrogens (primary N) is 1. The fourth-order valence-electron chi connectivity index (χ4n) is 0.919. The van der Waals surface area contributed by atoms with Gasteiger partial charge >= 0.3 is 7.60 Å². The molecule has 0 amide bonds. The maximum absolute atomic E-state index is 10.9. The molecule has 1 unspecified atom stereocenters. The molecule has 0 aliphatic carbocycles. The van der Waals surface area contributed by atoms with Crippen molar-refractivity contribution in [3.63, 3.8) is 0 Å². The van der Waals surface area contributed by atoms with Crippen LogP contribution in [0.4, 0.5) is 0 Å². The molecule has 1 aliphatic rings. The molecule has 0 aromatic heterocycles. The Hall–Kier alpha value is 0.110. The van der Waals surface area contributed by atoms with Crippen LogP contribution in [-0.2, 0) is 9.09 Å². The zero-order valence-corrected chi connectivity index (χ0v) is 6.75. The topological polar surface area (TPSA) is 72.5 Å². The molecule has 0 aromatic rings. The van der Waals surface area contributed by atoms with Crippen molar-refractivity contribution < 1.29 is 14.0 Å². The SMILES string of the molecule is C[C@@H]1CP(=O)(O)OC[C@@H]1N. The third kappa shape index (κ3) is 1.80. The largest absolute Gasteiger partial charge is 0.328 e. The molecule has 1 saturated heterocycles. The van der Waals surface area contributed by atoms with Crippen LogP contribution in [0.2, 0.25) is 0 Å². The van der Waals surface area contributed by atoms with Gasteiger partial charge in [0.2, 0.25) is 0 Å². The minimum absolute atomic E-state index is 0.0876. The monoisotopic (exact) mass is 165 g/mol. The Balaban J connectivity index is 2.57.